The number of unbranched alkanes of at least 4 members (excludes halogenated alkanes) is 4. The molecule has 0 aliphatic rings. The third-order valence-corrected chi connectivity index (χ3v) is 3.85. The van der Waals surface area contributed by atoms with E-state index in [0.29, 0.717) is 10.7 Å². The SMILES string of the molecule is CCCCCCCNC(=S)NC(=O)c1ccccc1Br. The quantitative estimate of drug-likeness (QED) is 0.572. The molecule has 0 spiro atoms. The number of thiocarbonyl (C=S) groups is 1. The van der Waals surface area contributed by atoms with Gasteiger partial charge in [-0.05, 0) is 46.7 Å². The summed E-state index contributed by atoms with van der Waals surface area (Å²) in [4.78, 5) is 12.0. The molecule has 0 aromatic heterocycles. The molecule has 0 heterocycles. The molecule has 0 saturated carbocycles. The highest BCUT2D eigenvalue weighted by atomic mass is 79.9. The van der Waals surface area contributed by atoms with Crippen LogP contribution in [0.15, 0.2) is 28.7 Å². The lowest BCUT2D eigenvalue weighted by atomic mass is 10.1. The van der Waals surface area contributed by atoms with E-state index < -0.39 is 0 Å². The number of carbonyl (C=O) groups is 1. The number of halogens is 1. The van der Waals surface area contributed by atoms with Crippen LogP contribution in [0, 0.1) is 0 Å². The lowest BCUT2D eigenvalue weighted by Gasteiger charge is -2.10. The van der Waals surface area contributed by atoms with Crippen molar-refractivity contribution in [2.75, 3.05) is 6.54 Å². The van der Waals surface area contributed by atoms with Crippen molar-refractivity contribution in [2.45, 2.75) is 39.0 Å². The smallest absolute Gasteiger partial charge is 0.258 e. The van der Waals surface area contributed by atoms with Gasteiger partial charge in [0.15, 0.2) is 5.11 Å². The molecule has 0 fully saturated rings. The van der Waals surface area contributed by atoms with Gasteiger partial charge in [-0.3, -0.25) is 10.1 Å². The molecule has 5 heteroatoms. The molecule has 0 aliphatic carbocycles. The normalized spacial score (nSPS) is 10.1. The van der Waals surface area contributed by atoms with Gasteiger partial charge in [-0.1, -0.05) is 44.7 Å². The first-order chi connectivity index (χ1) is 9.65. The number of amides is 1. The van der Waals surface area contributed by atoms with E-state index in [1.165, 1.54) is 25.7 Å². The molecule has 1 amide bonds. The summed E-state index contributed by atoms with van der Waals surface area (Å²) in [6.07, 6.45) is 6.05. The number of hydrogen-bond acceptors (Lipinski definition) is 2. The molecule has 0 saturated heterocycles. The predicted octanol–water partition coefficient (Wildman–Crippen LogP) is 4.02. The second kappa shape index (κ2) is 9.88. The van der Waals surface area contributed by atoms with E-state index >= 15 is 0 Å². The Hall–Kier alpha value is -0.940. The molecule has 1 rings (SSSR count). The van der Waals surface area contributed by atoms with Crippen LogP contribution in [0.1, 0.15) is 49.4 Å². The lowest BCUT2D eigenvalue weighted by Crippen LogP contribution is -2.39. The molecular formula is C15H21BrN2OS. The first-order valence-corrected chi connectivity index (χ1v) is 8.19. The molecule has 1 aromatic rings. The predicted molar refractivity (Wildman–Crippen MR) is 91.0 cm³/mol. The molecule has 110 valence electrons. The molecule has 0 unspecified atom stereocenters. The topological polar surface area (TPSA) is 41.1 Å². The van der Waals surface area contributed by atoms with Crippen LogP contribution in [0.25, 0.3) is 0 Å². The summed E-state index contributed by atoms with van der Waals surface area (Å²) in [6.45, 7) is 3.00. The third-order valence-electron chi connectivity index (χ3n) is 2.91. The highest BCUT2D eigenvalue weighted by molar-refractivity contribution is 9.10. The maximum Gasteiger partial charge on any atom is 0.258 e. The second-order valence-corrected chi connectivity index (χ2v) is 5.87. The van der Waals surface area contributed by atoms with Crippen molar-refractivity contribution < 1.29 is 4.79 Å². The van der Waals surface area contributed by atoms with Gasteiger partial charge in [0.25, 0.3) is 5.91 Å². The van der Waals surface area contributed by atoms with Crippen LogP contribution in [-0.4, -0.2) is 17.6 Å². The van der Waals surface area contributed by atoms with Gasteiger partial charge in [-0.2, -0.15) is 0 Å². The first-order valence-electron chi connectivity index (χ1n) is 6.99. The van der Waals surface area contributed by atoms with Crippen molar-refractivity contribution in [3.05, 3.63) is 34.3 Å². The summed E-state index contributed by atoms with van der Waals surface area (Å²) in [5.41, 5.74) is 0.583. The van der Waals surface area contributed by atoms with E-state index in [-0.39, 0.29) is 5.91 Å². The van der Waals surface area contributed by atoms with Gasteiger partial charge in [0.1, 0.15) is 0 Å². The van der Waals surface area contributed by atoms with E-state index in [4.69, 9.17) is 12.2 Å². The van der Waals surface area contributed by atoms with Crippen molar-refractivity contribution in [3.63, 3.8) is 0 Å². The summed E-state index contributed by atoms with van der Waals surface area (Å²) in [5, 5.41) is 6.14. The van der Waals surface area contributed by atoms with Crippen LogP contribution in [-0.2, 0) is 0 Å². The maximum atomic E-state index is 12.0. The van der Waals surface area contributed by atoms with Gasteiger partial charge in [-0.25, -0.2) is 0 Å². The molecule has 1 aromatic carbocycles. The lowest BCUT2D eigenvalue weighted by molar-refractivity contribution is 0.0976. The Bertz CT molecular complexity index is 451. The molecular weight excluding hydrogens is 336 g/mol. The average molecular weight is 357 g/mol. The Balaban J connectivity index is 2.25. The molecule has 20 heavy (non-hydrogen) atoms. The van der Waals surface area contributed by atoms with Crippen molar-refractivity contribution in [3.8, 4) is 0 Å². The van der Waals surface area contributed by atoms with Crippen LogP contribution in [0.3, 0.4) is 0 Å². The van der Waals surface area contributed by atoms with Crippen molar-refractivity contribution >= 4 is 39.2 Å². The zero-order valence-corrected chi connectivity index (χ0v) is 14.1. The van der Waals surface area contributed by atoms with E-state index in [1.54, 1.807) is 6.07 Å². The van der Waals surface area contributed by atoms with Gasteiger partial charge in [0, 0.05) is 11.0 Å². The summed E-state index contributed by atoms with van der Waals surface area (Å²) >= 11 is 8.47. The zero-order chi connectivity index (χ0) is 14.8. The van der Waals surface area contributed by atoms with Crippen molar-refractivity contribution in [2.24, 2.45) is 0 Å². The zero-order valence-electron chi connectivity index (χ0n) is 11.7. The first kappa shape index (κ1) is 17.1. The summed E-state index contributed by atoms with van der Waals surface area (Å²) in [6, 6.07) is 7.28. The van der Waals surface area contributed by atoms with Crippen LogP contribution < -0.4 is 10.6 Å². The number of nitrogens with one attached hydrogen (secondary N) is 2. The van der Waals surface area contributed by atoms with E-state index in [9.17, 15) is 4.79 Å². The summed E-state index contributed by atoms with van der Waals surface area (Å²) in [7, 11) is 0. The van der Waals surface area contributed by atoms with Crippen LogP contribution >= 0.6 is 28.1 Å². The Morgan fingerprint density at radius 3 is 2.60 bits per heavy atom. The fourth-order valence-corrected chi connectivity index (χ4v) is 2.45. The fourth-order valence-electron chi connectivity index (χ4n) is 1.79. The van der Waals surface area contributed by atoms with Gasteiger partial charge in [0.05, 0.1) is 5.56 Å². The van der Waals surface area contributed by atoms with Crippen molar-refractivity contribution in [1.82, 2.24) is 10.6 Å². The van der Waals surface area contributed by atoms with Crippen LogP contribution in [0.5, 0.6) is 0 Å². The number of carbonyl (C=O) groups excluding carboxylic acids is 1. The van der Waals surface area contributed by atoms with Gasteiger partial charge >= 0.3 is 0 Å². The van der Waals surface area contributed by atoms with E-state index in [1.807, 2.05) is 18.2 Å². The number of rotatable bonds is 7. The molecule has 0 aliphatic heterocycles. The highest BCUT2D eigenvalue weighted by Gasteiger charge is 2.10. The number of hydrogen-bond donors (Lipinski definition) is 2. The van der Waals surface area contributed by atoms with Crippen molar-refractivity contribution in [1.29, 1.82) is 0 Å². The second-order valence-electron chi connectivity index (χ2n) is 4.60. The third kappa shape index (κ3) is 6.48. The minimum absolute atomic E-state index is 0.194. The van der Waals surface area contributed by atoms with Gasteiger partial charge in [-0.15, -0.1) is 0 Å². The molecule has 0 radical (unpaired) electrons. The molecule has 2 N–H and O–H groups in total. The van der Waals surface area contributed by atoms with Crippen LogP contribution in [0.2, 0.25) is 0 Å². The largest absolute Gasteiger partial charge is 0.362 e. The number of benzene rings is 1. The fraction of sp³-hybridized carbons (Fsp3) is 0.467. The van der Waals surface area contributed by atoms with Gasteiger partial charge < -0.3 is 5.32 Å². The Labute approximate surface area is 134 Å². The summed E-state index contributed by atoms with van der Waals surface area (Å²) in [5.74, 6) is -0.194. The standard InChI is InChI=1S/C15H21BrN2OS/c1-2-3-4-5-8-11-17-15(20)18-14(19)12-9-6-7-10-13(12)16/h6-7,9-10H,2-5,8,11H2,1H3,(H2,17,18,19,20). The minimum atomic E-state index is -0.194. The van der Waals surface area contributed by atoms with Gasteiger partial charge in [0.2, 0.25) is 0 Å². The van der Waals surface area contributed by atoms with E-state index in [2.05, 4.69) is 33.5 Å². The minimum Gasteiger partial charge on any atom is -0.362 e. The summed E-state index contributed by atoms with van der Waals surface area (Å²) < 4.78 is 0.764. The molecule has 0 bridgehead atoms. The monoisotopic (exact) mass is 356 g/mol. The molecule has 3 nitrogen and oxygen atoms in total. The Morgan fingerprint density at radius 1 is 1.20 bits per heavy atom. The Kier molecular flexibility index (Phi) is 8.46. The Morgan fingerprint density at radius 2 is 1.90 bits per heavy atom. The highest BCUT2D eigenvalue weighted by Crippen LogP contribution is 2.15. The van der Waals surface area contributed by atoms with Crippen LogP contribution in [0.4, 0.5) is 0 Å². The molecule has 0 atom stereocenters. The average Bonchev–Trinajstić information content (AvgIpc) is 2.43. The van der Waals surface area contributed by atoms with E-state index in [0.717, 1.165) is 17.4 Å². The maximum absolute atomic E-state index is 12.0.